The van der Waals surface area contributed by atoms with Gasteiger partial charge in [0.2, 0.25) is 11.8 Å². The highest BCUT2D eigenvalue weighted by atomic mass is 16.2. The van der Waals surface area contributed by atoms with Crippen LogP contribution in [0, 0.1) is 5.92 Å². The van der Waals surface area contributed by atoms with E-state index >= 15 is 0 Å². The molecule has 0 aromatic carbocycles. The largest absolute Gasteiger partial charge is 0.342 e. The fraction of sp³-hybridized carbons (Fsp3) is 0.571. The van der Waals surface area contributed by atoms with E-state index in [1.54, 1.807) is 17.8 Å². The van der Waals surface area contributed by atoms with Gasteiger partial charge >= 0.3 is 0 Å². The Morgan fingerprint density at radius 3 is 2.90 bits per heavy atom. The number of carbonyl (C=O) groups is 2. The fourth-order valence-electron chi connectivity index (χ4n) is 4.26. The molecule has 0 N–H and O–H groups in total. The van der Waals surface area contributed by atoms with Crippen molar-refractivity contribution in [2.75, 3.05) is 19.6 Å². The average Bonchev–Trinajstić information content (AvgIpc) is 3.25. The first-order chi connectivity index (χ1) is 14.0. The molecule has 4 rings (SSSR count). The van der Waals surface area contributed by atoms with Crippen LogP contribution in [-0.2, 0) is 29.1 Å². The summed E-state index contributed by atoms with van der Waals surface area (Å²) in [5, 5.41) is 4.20. The van der Waals surface area contributed by atoms with Crippen molar-refractivity contribution in [3.8, 4) is 0 Å². The van der Waals surface area contributed by atoms with Gasteiger partial charge in [0.25, 0.3) is 0 Å². The minimum absolute atomic E-state index is 0.0883. The molecule has 2 aliphatic heterocycles. The third-order valence-electron chi connectivity index (χ3n) is 5.94. The molecule has 1 saturated heterocycles. The Morgan fingerprint density at radius 2 is 2.14 bits per heavy atom. The zero-order chi connectivity index (χ0) is 20.4. The molecule has 0 spiro atoms. The van der Waals surface area contributed by atoms with Gasteiger partial charge in [0.05, 0.1) is 18.2 Å². The number of aromatic nitrogens is 4. The second-order valence-electron chi connectivity index (χ2n) is 8.14. The Balaban J connectivity index is 1.42. The maximum absolute atomic E-state index is 12.9. The van der Waals surface area contributed by atoms with Crippen LogP contribution >= 0.6 is 0 Å². The second-order valence-corrected chi connectivity index (χ2v) is 8.14. The van der Waals surface area contributed by atoms with Gasteiger partial charge < -0.3 is 9.80 Å². The molecule has 2 amide bonds. The van der Waals surface area contributed by atoms with E-state index in [0.717, 1.165) is 42.9 Å². The Kier molecular flexibility index (Phi) is 5.60. The molecular formula is C21H28N6O2. The molecule has 8 heteroatoms. The number of piperidine rings is 1. The molecule has 2 aromatic heterocycles. The van der Waals surface area contributed by atoms with Crippen LogP contribution in [0.4, 0.5) is 0 Å². The van der Waals surface area contributed by atoms with Crippen LogP contribution < -0.4 is 0 Å². The van der Waals surface area contributed by atoms with E-state index in [0.29, 0.717) is 26.2 Å². The predicted octanol–water partition coefficient (Wildman–Crippen LogP) is 1.62. The number of carbonyl (C=O) groups excluding carboxylic acids is 2. The number of nitrogens with zero attached hydrogens (tertiary/aromatic N) is 6. The minimum Gasteiger partial charge on any atom is -0.342 e. The molecule has 8 nitrogen and oxygen atoms in total. The molecule has 0 saturated carbocycles. The van der Waals surface area contributed by atoms with E-state index in [1.165, 1.54) is 0 Å². The summed E-state index contributed by atoms with van der Waals surface area (Å²) in [5.41, 5.74) is 2.08. The van der Waals surface area contributed by atoms with Crippen LogP contribution in [0.1, 0.15) is 49.7 Å². The van der Waals surface area contributed by atoms with E-state index in [1.807, 2.05) is 35.2 Å². The Hall–Kier alpha value is -2.77. The highest BCUT2D eigenvalue weighted by Gasteiger charge is 2.30. The first-order valence-electron chi connectivity index (χ1n) is 10.4. The van der Waals surface area contributed by atoms with Crippen LogP contribution in [0.3, 0.4) is 0 Å². The Bertz CT molecular complexity index is 881. The van der Waals surface area contributed by atoms with Crippen molar-refractivity contribution in [3.05, 3.63) is 41.7 Å². The lowest BCUT2D eigenvalue weighted by Gasteiger charge is -2.34. The summed E-state index contributed by atoms with van der Waals surface area (Å²) in [6.45, 7) is 6.90. The SMILES string of the molecule is CC(=O)N1CCc2nc(C3CCCN(C(=O)C(C)Cn4cccn4)C3)ncc2C1. The zero-order valence-corrected chi connectivity index (χ0v) is 17.1. The van der Waals surface area contributed by atoms with Crippen molar-refractivity contribution in [2.24, 2.45) is 5.92 Å². The molecule has 2 aromatic rings. The van der Waals surface area contributed by atoms with Gasteiger partial charge in [0.15, 0.2) is 0 Å². The van der Waals surface area contributed by atoms with E-state index in [-0.39, 0.29) is 23.7 Å². The van der Waals surface area contributed by atoms with Crippen LogP contribution in [0.15, 0.2) is 24.7 Å². The van der Waals surface area contributed by atoms with Crippen LogP contribution in [0.5, 0.6) is 0 Å². The first-order valence-corrected chi connectivity index (χ1v) is 10.4. The standard InChI is InChI=1S/C21H28N6O2/c1-15(12-27-9-4-7-23-27)21(29)26-8-3-5-17(13-26)20-22-11-18-14-25(16(2)28)10-6-19(18)24-20/h4,7,9,11,15,17H,3,5-6,8,10,12-14H2,1-2H3. The lowest BCUT2D eigenvalue weighted by Crippen LogP contribution is -2.43. The highest BCUT2D eigenvalue weighted by molar-refractivity contribution is 5.78. The predicted molar refractivity (Wildman–Crippen MR) is 107 cm³/mol. The van der Waals surface area contributed by atoms with Gasteiger partial charge in [0, 0.05) is 69.6 Å². The highest BCUT2D eigenvalue weighted by Crippen LogP contribution is 2.27. The Labute approximate surface area is 170 Å². The minimum atomic E-state index is -0.115. The summed E-state index contributed by atoms with van der Waals surface area (Å²) in [4.78, 5) is 37.8. The molecule has 0 bridgehead atoms. The number of likely N-dealkylation sites (tertiary alicyclic amines) is 1. The average molecular weight is 396 g/mol. The van der Waals surface area contributed by atoms with Gasteiger partial charge in [-0.1, -0.05) is 6.92 Å². The van der Waals surface area contributed by atoms with E-state index in [2.05, 4.69) is 10.1 Å². The quantitative estimate of drug-likeness (QED) is 0.784. The maximum atomic E-state index is 12.9. The van der Waals surface area contributed by atoms with Gasteiger partial charge in [-0.15, -0.1) is 0 Å². The second kappa shape index (κ2) is 8.31. The molecule has 2 atom stereocenters. The van der Waals surface area contributed by atoms with Gasteiger partial charge in [-0.2, -0.15) is 5.10 Å². The van der Waals surface area contributed by atoms with Gasteiger partial charge in [-0.25, -0.2) is 9.97 Å². The number of hydrogen-bond acceptors (Lipinski definition) is 5. The number of fused-ring (bicyclic) bond motifs is 1. The number of hydrogen-bond donors (Lipinski definition) is 0. The van der Waals surface area contributed by atoms with Crippen LogP contribution in [0.25, 0.3) is 0 Å². The summed E-state index contributed by atoms with van der Waals surface area (Å²) in [6, 6.07) is 1.87. The summed E-state index contributed by atoms with van der Waals surface area (Å²) >= 11 is 0. The van der Waals surface area contributed by atoms with Crippen molar-refractivity contribution >= 4 is 11.8 Å². The number of rotatable bonds is 4. The lowest BCUT2D eigenvalue weighted by molar-refractivity contribution is -0.136. The zero-order valence-electron chi connectivity index (χ0n) is 17.1. The van der Waals surface area contributed by atoms with Gasteiger partial charge in [-0.05, 0) is 18.9 Å². The summed E-state index contributed by atoms with van der Waals surface area (Å²) in [6.07, 6.45) is 8.21. The molecule has 1 fully saturated rings. The monoisotopic (exact) mass is 396 g/mol. The van der Waals surface area contributed by atoms with E-state index in [4.69, 9.17) is 4.98 Å². The smallest absolute Gasteiger partial charge is 0.227 e. The summed E-state index contributed by atoms with van der Waals surface area (Å²) in [5.74, 6) is 1.14. The summed E-state index contributed by atoms with van der Waals surface area (Å²) in [7, 11) is 0. The Morgan fingerprint density at radius 1 is 1.28 bits per heavy atom. The third kappa shape index (κ3) is 4.31. The third-order valence-corrected chi connectivity index (χ3v) is 5.94. The molecule has 154 valence electrons. The molecule has 0 radical (unpaired) electrons. The van der Waals surface area contributed by atoms with Crippen molar-refractivity contribution < 1.29 is 9.59 Å². The van der Waals surface area contributed by atoms with Crippen molar-refractivity contribution in [1.82, 2.24) is 29.5 Å². The van der Waals surface area contributed by atoms with Gasteiger partial charge in [0.1, 0.15) is 5.82 Å². The van der Waals surface area contributed by atoms with Crippen LogP contribution in [0.2, 0.25) is 0 Å². The van der Waals surface area contributed by atoms with Crippen molar-refractivity contribution in [3.63, 3.8) is 0 Å². The maximum Gasteiger partial charge on any atom is 0.227 e. The van der Waals surface area contributed by atoms with E-state index < -0.39 is 0 Å². The molecule has 0 aliphatic carbocycles. The molecule has 29 heavy (non-hydrogen) atoms. The molecule has 2 unspecified atom stereocenters. The summed E-state index contributed by atoms with van der Waals surface area (Å²) < 4.78 is 1.81. The fourth-order valence-corrected chi connectivity index (χ4v) is 4.26. The van der Waals surface area contributed by atoms with E-state index in [9.17, 15) is 9.59 Å². The molecule has 2 aliphatic rings. The topological polar surface area (TPSA) is 84.2 Å². The normalized spacial score (nSPS) is 20.3. The van der Waals surface area contributed by atoms with Gasteiger partial charge in [-0.3, -0.25) is 14.3 Å². The van der Waals surface area contributed by atoms with Crippen molar-refractivity contribution in [1.29, 1.82) is 0 Å². The molecular weight excluding hydrogens is 368 g/mol. The van der Waals surface area contributed by atoms with Crippen molar-refractivity contribution in [2.45, 2.75) is 52.1 Å². The first kappa shape index (κ1) is 19.5. The lowest BCUT2D eigenvalue weighted by atomic mass is 9.95. The molecule has 4 heterocycles. The number of amides is 2. The van der Waals surface area contributed by atoms with Crippen LogP contribution in [-0.4, -0.2) is 61.0 Å².